The summed E-state index contributed by atoms with van der Waals surface area (Å²) in [6.45, 7) is 7.90. The number of esters is 2. The quantitative estimate of drug-likeness (QED) is 0.795. The van der Waals surface area contributed by atoms with E-state index in [9.17, 15) is 9.59 Å². The van der Waals surface area contributed by atoms with Crippen LogP contribution in [0.3, 0.4) is 0 Å². The molecule has 0 heterocycles. The van der Waals surface area contributed by atoms with E-state index in [4.69, 9.17) is 9.47 Å². The molecule has 0 saturated heterocycles. The van der Waals surface area contributed by atoms with Crippen LogP contribution >= 0.6 is 0 Å². The third-order valence-corrected chi connectivity index (χ3v) is 4.16. The van der Waals surface area contributed by atoms with Gasteiger partial charge in [0.25, 0.3) is 0 Å². The fourth-order valence-electron chi connectivity index (χ4n) is 3.19. The molecule has 0 fully saturated rings. The first-order valence-electron chi connectivity index (χ1n) is 7.69. The van der Waals surface area contributed by atoms with Gasteiger partial charge in [0.05, 0.1) is 25.3 Å². The van der Waals surface area contributed by atoms with Crippen LogP contribution < -0.4 is 0 Å². The number of carbonyl (C=O) groups is 2. The fraction of sp³-hybridized carbons (Fsp3) is 0.300. The van der Waals surface area contributed by atoms with Gasteiger partial charge in [0, 0.05) is 0 Å². The summed E-state index contributed by atoms with van der Waals surface area (Å²) in [7, 11) is 2.75. The molecule has 0 radical (unpaired) electrons. The van der Waals surface area contributed by atoms with Gasteiger partial charge in [-0.1, -0.05) is 0 Å². The van der Waals surface area contributed by atoms with Crippen LogP contribution in [0.15, 0.2) is 24.3 Å². The molecule has 2 aromatic carbocycles. The van der Waals surface area contributed by atoms with Crippen LogP contribution in [0.1, 0.15) is 43.0 Å². The molecule has 0 bridgehead atoms. The van der Waals surface area contributed by atoms with Crippen LogP contribution in [0.4, 0.5) is 0 Å². The summed E-state index contributed by atoms with van der Waals surface area (Å²) in [5.41, 5.74) is 7.21. The van der Waals surface area contributed by atoms with Crippen molar-refractivity contribution in [3.63, 3.8) is 0 Å². The zero-order valence-corrected chi connectivity index (χ0v) is 14.9. The van der Waals surface area contributed by atoms with Gasteiger partial charge in [-0.25, -0.2) is 9.59 Å². The molecule has 24 heavy (non-hydrogen) atoms. The second-order valence-electron chi connectivity index (χ2n) is 5.95. The van der Waals surface area contributed by atoms with E-state index >= 15 is 0 Å². The Kier molecular flexibility index (Phi) is 5.07. The summed E-state index contributed by atoms with van der Waals surface area (Å²) >= 11 is 0. The molecule has 0 aliphatic rings. The molecule has 126 valence electrons. The summed E-state index contributed by atoms with van der Waals surface area (Å²) in [5, 5.41) is 0. The Hall–Kier alpha value is -2.62. The van der Waals surface area contributed by atoms with Gasteiger partial charge in [-0.05, 0) is 85.3 Å². The van der Waals surface area contributed by atoms with E-state index < -0.39 is 0 Å². The zero-order chi connectivity index (χ0) is 18.0. The van der Waals surface area contributed by atoms with Gasteiger partial charge in [-0.2, -0.15) is 0 Å². The van der Waals surface area contributed by atoms with Crippen molar-refractivity contribution >= 4 is 11.9 Å². The molecule has 0 atom stereocenters. The minimum Gasteiger partial charge on any atom is -0.465 e. The lowest BCUT2D eigenvalue weighted by Gasteiger charge is -2.18. The number of aryl methyl sites for hydroxylation is 4. The van der Waals surface area contributed by atoms with Crippen molar-refractivity contribution in [3.8, 4) is 11.1 Å². The van der Waals surface area contributed by atoms with E-state index in [0.29, 0.717) is 11.1 Å². The molecule has 0 aliphatic heterocycles. The molecule has 2 aromatic rings. The Morgan fingerprint density at radius 3 is 1.08 bits per heavy atom. The molecule has 0 unspecified atom stereocenters. The summed E-state index contributed by atoms with van der Waals surface area (Å²) in [6, 6.07) is 7.34. The summed E-state index contributed by atoms with van der Waals surface area (Å²) in [4.78, 5) is 23.6. The molecule has 0 amide bonds. The van der Waals surface area contributed by atoms with Gasteiger partial charge in [0.2, 0.25) is 0 Å². The third-order valence-electron chi connectivity index (χ3n) is 4.16. The van der Waals surface area contributed by atoms with E-state index in [1.165, 1.54) is 14.2 Å². The molecule has 0 aliphatic carbocycles. The van der Waals surface area contributed by atoms with Gasteiger partial charge in [0.15, 0.2) is 0 Å². The first kappa shape index (κ1) is 17.7. The van der Waals surface area contributed by atoms with Crippen LogP contribution in [0.2, 0.25) is 0 Å². The van der Waals surface area contributed by atoms with Crippen LogP contribution in [-0.4, -0.2) is 26.2 Å². The highest BCUT2D eigenvalue weighted by Gasteiger charge is 2.17. The fourth-order valence-corrected chi connectivity index (χ4v) is 3.19. The maximum Gasteiger partial charge on any atom is 0.337 e. The van der Waals surface area contributed by atoms with Crippen LogP contribution in [0.25, 0.3) is 11.1 Å². The number of hydrogen-bond donors (Lipinski definition) is 0. The van der Waals surface area contributed by atoms with Crippen molar-refractivity contribution in [1.82, 2.24) is 0 Å². The van der Waals surface area contributed by atoms with Gasteiger partial charge < -0.3 is 9.47 Å². The number of carbonyl (C=O) groups excluding carboxylic acids is 2. The number of rotatable bonds is 3. The Labute approximate surface area is 142 Å². The monoisotopic (exact) mass is 326 g/mol. The molecule has 4 nitrogen and oxygen atoms in total. The predicted molar refractivity (Wildman–Crippen MR) is 93.5 cm³/mol. The first-order chi connectivity index (χ1) is 11.3. The first-order valence-corrected chi connectivity index (χ1v) is 7.69. The molecule has 0 spiro atoms. The van der Waals surface area contributed by atoms with E-state index in [-0.39, 0.29) is 11.9 Å². The van der Waals surface area contributed by atoms with Crippen molar-refractivity contribution in [2.75, 3.05) is 14.2 Å². The number of hydrogen-bond acceptors (Lipinski definition) is 4. The zero-order valence-electron chi connectivity index (χ0n) is 14.9. The molecule has 0 saturated carbocycles. The van der Waals surface area contributed by atoms with E-state index in [2.05, 4.69) is 0 Å². The average molecular weight is 326 g/mol. The minimum atomic E-state index is -0.345. The topological polar surface area (TPSA) is 52.6 Å². The predicted octanol–water partition coefficient (Wildman–Crippen LogP) is 4.16. The average Bonchev–Trinajstić information content (AvgIpc) is 2.54. The van der Waals surface area contributed by atoms with E-state index in [1.54, 1.807) is 0 Å². The second-order valence-corrected chi connectivity index (χ2v) is 5.95. The van der Waals surface area contributed by atoms with Crippen LogP contribution in [0, 0.1) is 27.7 Å². The van der Waals surface area contributed by atoms with Crippen LogP contribution in [-0.2, 0) is 9.47 Å². The molecule has 0 aromatic heterocycles. The standard InChI is InChI=1S/C20H22O4/c1-11-7-15(19(21)23-5)8-12(2)17(11)18-13(3)9-16(10-14(18)4)20(22)24-6/h7-10H,1-6H3. The normalized spacial score (nSPS) is 10.4. The van der Waals surface area contributed by atoms with Gasteiger partial charge in [-0.15, -0.1) is 0 Å². The van der Waals surface area contributed by atoms with Crippen molar-refractivity contribution in [2.45, 2.75) is 27.7 Å². The van der Waals surface area contributed by atoms with Crippen molar-refractivity contribution < 1.29 is 19.1 Å². The van der Waals surface area contributed by atoms with Crippen molar-refractivity contribution in [2.24, 2.45) is 0 Å². The molecule has 0 N–H and O–H groups in total. The Bertz CT molecular complexity index is 703. The molecule has 2 rings (SSSR count). The second kappa shape index (κ2) is 6.87. The molecule has 4 heteroatoms. The van der Waals surface area contributed by atoms with Gasteiger partial charge in [-0.3, -0.25) is 0 Å². The summed E-state index contributed by atoms with van der Waals surface area (Å²) in [5.74, 6) is -0.690. The Morgan fingerprint density at radius 2 is 0.875 bits per heavy atom. The highest BCUT2D eigenvalue weighted by molar-refractivity contribution is 5.93. The largest absolute Gasteiger partial charge is 0.465 e. The lowest BCUT2D eigenvalue weighted by Crippen LogP contribution is -2.06. The van der Waals surface area contributed by atoms with Gasteiger partial charge >= 0.3 is 11.9 Å². The molecular formula is C20H22O4. The maximum absolute atomic E-state index is 11.8. The lowest BCUT2D eigenvalue weighted by atomic mass is 9.87. The van der Waals surface area contributed by atoms with Crippen molar-refractivity contribution in [3.05, 3.63) is 57.6 Å². The highest BCUT2D eigenvalue weighted by Crippen LogP contribution is 2.34. The number of ether oxygens (including phenoxy) is 2. The van der Waals surface area contributed by atoms with Gasteiger partial charge in [0.1, 0.15) is 0 Å². The van der Waals surface area contributed by atoms with Crippen LogP contribution in [0.5, 0.6) is 0 Å². The summed E-state index contributed by atoms with van der Waals surface area (Å²) in [6.07, 6.45) is 0. The SMILES string of the molecule is COC(=O)c1cc(C)c(-c2c(C)cc(C(=O)OC)cc2C)c(C)c1. The highest BCUT2D eigenvalue weighted by atomic mass is 16.5. The number of benzene rings is 2. The minimum absolute atomic E-state index is 0.345. The Morgan fingerprint density at radius 1 is 0.625 bits per heavy atom. The summed E-state index contributed by atoms with van der Waals surface area (Å²) < 4.78 is 9.61. The van der Waals surface area contributed by atoms with E-state index in [1.807, 2.05) is 52.0 Å². The van der Waals surface area contributed by atoms with E-state index in [0.717, 1.165) is 33.4 Å². The smallest absolute Gasteiger partial charge is 0.337 e. The number of methoxy groups -OCH3 is 2. The maximum atomic E-state index is 11.8. The lowest BCUT2D eigenvalue weighted by molar-refractivity contribution is 0.0591. The molecular weight excluding hydrogens is 304 g/mol. The Balaban J connectivity index is 2.65. The van der Waals surface area contributed by atoms with Crippen molar-refractivity contribution in [1.29, 1.82) is 0 Å². The third kappa shape index (κ3) is 3.18.